The maximum atomic E-state index is 8.93. The van der Waals surface area contributed by atoms with Crippen LogP contribution in [0.4, 0.5) is 11.4 Å². The van der Waals surface area contributed by atoms with Gasteiger partial charge in [-0.1, -0.05) is 19.9 Å². The number of nitrogens with one attached hydrogen (secondary N) is 1. The Hall–Kier alpha value is -2.54. The molecule has 0 saturated carbocycles. The minimum atomic E-state index is -0.0800. The molecule has 1 heterocycles. The smallest absolute Gasteiger partial charge is 0.0992 e. The monoisotopic (exact) mass is 266 g/mol. The summed E-state index contributed by atoms with van der Waals surface area (Å²) < 4.78 is 0. The van der Waals surface area contributed by atoms with Crippen LogP contribution in [0, 0.1) is 11.3 Å². The van der Waals surface area contributed by atoms with Gasteiger partial charge < -0.3 is 11.1 Å². The third-order valence-electron chi connectivity index (χ3n) is 3.35. The highest BCUT2D eigenvalue weighted by atomic mass is 14.9. The predicted molar refractivity (Wildman–Crippen MR) is 81.3 cm³/mol. The van der Waals surface area contributed by atoms with Crippen LogP contribution >= 0.6 is 0 Å². The van der Waals surface area contributed by atoms with Crippen molar-refractivity contribution in [2.24, 2.45) is 0 Å². The lowest BCUT2D eigenvalue weighted by molar-refractivity contribution is 0.555. The fourth-order valence-electron chi connectivity index (χ4n) is 1.96. The Morgan fingerprint density at radius 3 is 2.80 bits per heavy atom. The van der Waals surface area contributed by atoms with Crippen molar-refractivity contribution in [2.45, 2.75) is 19.3 Å². The first-order chi connectivity index (χ1) is 9.53. The fraction of sp³-hybridized carbons (Fsp3) is 0.250. The van der Waals surface area contributed by atoms with Crippen molar-refractivity contribution >= 4 is 11.4 Å². The van der Waals surface area contributed by atoms with Gasteiger partial charge in [-0.15, -0.1) is 0 Å². The van der Waals surface area contributed by atoms with Gasteiger partial charge in [0.1, 0.15) is 0 Å². The Bertz CT molecular complexity index is 627. The molecular weight excluding hydrogens is 248 g/mol. The van der Waals surface area contributed by atoms with E-state index in [2.05, 4.69) is 36.3 Å². The molecule has 0 bridgehead atoms. The first-order valence-corrected chi connectivity index (χ1v) is 6.47. The molecule has 2 aromatic rings. The zero-order valence-corrected chi connectivity index (χ0v) is 11.7. The molecule has 0 aliphatic heterocycles. The van der Waals surface area contributed by atoms with Crippen molar-refractivity contribution in [3.63, 3.8) is 0 Å². The van der Waals surface area contributed by atoms with Crippen molar-refractivity contribution < 1.29 is 0 Å². The van der Waals surface area contributed by atoms with E-state index < -0.39 is 0 Å². The summed E-state index contributed by atoms with van der Waals surface area (Å²) in [6.45, 7) is 4.99. The van der Waals surface area contributed by atoms with E-state index in [-0.39, 0.29) is 5.41 Å². The van der Waals surface area contributed by atoms with Gasteiger partial charge in [-0.2, -0.15) is 5.26 Å². The van der Waals surface area contributed by atoms with E-state index in [9.17, 15) is 0 Å². The quantitative estimate of drug-likeness (QED) is 0.834. The number of aromatic nitrogens is 1. The van der Waals surface area contributed by atoms with Crippen molar-refractivity contribution in [3.05, 3.63) is 53.9 Å². The first-order valence-electron chi connectivity index (χ1n) is 6.47. The summed E-state index contributed by atoms with van der Waals surface area (Å²) in [5.41, 5.74) is 9.04. The van der Waals surface area contributed by atoms with Crippen molar-refractivity contribution in [3.8, 4) is 6.07 Å². The van der Waals surface area contributed by atoms with Crippen LogP contribution in [0.2, 0.25) is 0 Å². The standard InChI is InChI=1S/C16H18N4/c1-16(2,13-4-3-7-19-10-13)11-20-15-8-12(9-17)5-6-14(15)18/h3-8,10,20H,11,18H2,1-2H3. The first kappa shape index (κ1) is 13.9. The van der Waals surface area contributed by atoms with Crippen LogP contribution in [0.5, 0.6) is 0 Å². The molecule has 0 aliphatic rings. The number of nitrogen functional groups attached to an aromatic ring is 1. The largest absolute Gasteiger partial charge is 0.397 e. The van der Waals surface area contributed by atoms with Crippen LogP contribution in [0.25, 0.3) is 0 Å². The second-order valence-corrected chi connectivity index (χ2v) is 5.39. The molecule has 1 aromatic heterocycles. The zero-order chi connectivity index (χ0) is 14.6. The van der Waals surface area contributed by atoms with Crippen LogP contribution in [-0.4, -0.2) is 11.5 Å². The van der Waals surface area contributed by atoms with Crippen molar-refractivity contribution in [1.29, 1.82) is 5.26 Å². The highest BCUT2D eigenvalue weighted by Gasteiger charge is 2.20. The average molecular weight is 266 g/mol. The van der Waals surface area contributed by atoms with E-state index in [0.29, 0.717) is 17.8 Å². The Balaban J connectivity index is 2.14. The molecule has 1 aromatic carbocycles. The Kier molecular flexibility index (Phi) is 3.90. The molecule has 0 aliphatic carbocycles. The molecule has 0 amide bonds. The number of nitrogens with zero attached hydrogens (tertiary/aromatic N) is 2. The lowest BCUT2D eigenvalue weighted by Crippen LogP contribution is -2.28. The van der Waals surface area contributed by atoms with Crippen LogP contribution < -0.4 is 11.1 Å². The maximum Gasteiger partial charge on any atom is 0.0992 e. The Morgan fingerprint density at radius 1 is 1.35 bits per heavy atom. The van der Waals surface area contributed by atoms with E-state index in [4.69, 9.17) is 11.0 Å². The van der Waals surface area contributed by atoms with Gasteiger partial charge >= 0.3 is 0 Å². The number of nitriles is 1. The number of hydrogen-bond acceptors (Lipinski definition) is 4. The van der Waals surface area contributed by atoms with Crippen LogP contribution in [0.3, 0.4) is 0 Å². The van der Waals surface area contributed by atoms with Crippen molar-refractivity contribution in [2.75, 3.05) is 17.6 Å². The van der Waals surface area contributed by atoms with Gasteiger partial charge in [0, 0.05) is 24.4 Å². The van der Waals surface area contributed by atoms with E-state index in [1.165, 1.54) is 0 Å². The van der Waals surface area contributed by atoms with Crippen LogP contribution in [0.1, 0.15) is 25.0 Å². The SMILES string of the molecule is CC(C)(CNc1cc(C#N)ccc1N)c1cccnc1. The second-order valence-electron chi connectivity index (χ2n) is 5.39. The van der Waals surface area contributed by atoms with Gasteiger partial charge in [0.05, 0.1) is 23.0 Å². The van der Waals surface area contributed by atoms with Gasteiger partial charge in [0.15, 0.2) is 0 Å². The summed E-state index contributed by atoms with van der Waals surface area (Å²) in [4.78, 5) is 4.16. The Morgan fingerprint density at radius 2 is 2.15 bits per heavy atom. The Labute approximate surface area is 119 Å². The zero-order valence-electron chi connectivity index (χ0n) is 11.7. The maximum absolute atomic E-state index is 8.93. The predicted octanol–water partition coefficient (Wildman–Crippen LogP) is 2.93. The summed E-state index contributed by atoms with van der Waals surface area (Å²) in [7, 11) is 0. The number of anilines is 2. The third kappa shape index (κ3) is 3.07. The normalized spacial score (nSPS) is 10.8. The molecule has 4 heteroatoms. The highest BCUT2D eigenvalue weighted by molar-refractivity contribution is 5.68. The molecule has 0 radical (unpaired) electrons. The van der Waals surface area contributed by atoms with E-state index >= 15 is 0 Å². The number of pyridine rings is 1. The number of nitrogens with two attached hydrogens (primary N) is 1. The second kappa shape index (κ2) is 5.62. The lowest BCUT2D eigenvalue weighted by Gasteiger charge is -2.26. The highest BCUT2D eigenvalue weighted by Crippen LogP contribution is 2.25. The summed E-state index contributed by atoms with van der Waals surface area (Å²) in [6, 6.07) is 11.3. The van der Waals surface area contributed by atoms with Gasteiger partial charge in [-0.3, -0.25) is 4.98 Å². The van der Waals surface area contributed by atoms with Crippen LogP contribution in [0.15, 0.2) is 42.7 Å². The van der Waals surface area contributed by atoms with Gasteiger partial charge in [0.25, 0.3) is 0 Å². The van der Waals surface area contributed by atoms with E-state index in [0.717, 1.165) is 11.3 Å². The number of hydrogen-bond donors (Lipinski definition) is 2. The molecule has 0 fully saturated rings. The molecule has 2 rings (SSSR count). The summed E-state index contributed by atoms with van der Waals surface area (Å²) >= 11 is 0. The summed E-state index contributed by atoms with van der Waals surface area (Å²) in [6.07, 6.45) is 3.64. The minimum absolute atomic E-state index is 0.0800. The van der Waals surface area contributed by atoms with Gasteiger partial charge in [-0.25, -0.2) is 0 Å². The molecule has 0 saturated heterocycles. The minimum Gasteiger partial charge on any atom is -0.397 e. The molecule has 0 unspecified atom stereocenters. The number of benzene rings is 1. The molecule has 4 nitrogen and oxygen atoms in total. The molecule has 0 spiro atoms. The van der Waals surface area contributed by atoms with E-state index in [1.54, 1.807) is 24.4 Å². The molecule has 3 N–H and O–H groups in total. The van der Waals surface area contributed by atoms with Gasteiger partial charge in [-0.05, 0) is 29.8 Å². The molecular formula is C16H18N4. The topological polar surface area (TPSA) is 74.7 Å². The summed E-state index contributed by atoms with van der Waals surface area (Å²) in [5, 5.41) is 12.3. The number of rotatable bonds is 4. The average Bonchev–Trinajstić information content (AvgIpc) is 2.47. The van der Waals surface area contributed by atoms with Gasteiger partial charge in [0.2, 0.25) is 0 Å². The van der Waals surface area contributed by atoms with Crippen LogP contribution in [-0.2, 0) is 5.41 Å². The third-order valence-corrected chi connectivity index (χ3v) is 3.35. The molecule has 0 atom stereocenters. The fourth-order valence-corrected chi connectivity index (χ4v) is 1.96. The van der Waals surface area contributed by atoms with Crippen molar-refractivity contribution in [1.82, 2.24) is 4.98 Å². The lowest BCUT2D eigenvalue weighted by atomic mass is 9.85. The summed E-state index contributed by atoms with van der Waals surface area (Å²) in [5.74, 6) is 0. The molecule has 102 valence electrons. The molecule has 20 heavy (non-hydrogen) atoms. The van der Waals surface area contributed by atoms with E-state index in [1.807, 2.05) is 12.3 Å².